The van der Waals surface area contributed by atoms with Gasteiger partial charge in [0.25, 0.3) is 0 Å². The summed E-state index contributed by atoms with van der Waals surface area (Å²) < 4.78 is 24.6. The van der Waals surface area contributed by atoms with E-state index in [1.54, 1.807) is 36.9 Å². The molecule has 0 aromatic heterocycles. The first-order valence-electron chi connectivity index (χ1n) is 6.45. The predicted octanol–water partition coefficient (Wildman–Crippen LogP) is 2.15. The predicted molar refractivity (Wildman–Crippen MR) is 85.3 cm³/mol. The van der Waals surface area contributed by atoms with Crippen molar-refractivity contribution < 1.29 is 13.5 Å². The molecule has 1 unspecified atom stereocenters. The molecule has 1 saturated heterocycles. The Balaban J connectivity index is 2.48. The molecule has 1 atom stereocenters. The van der Waals surface area contributed by atoms with Crippen molar-refractivity contribution in [1.29, 1.82) is 0 Å². The molecule has 7 heteroatoms. The molecule has 1 heterocycles. The summed E-state index contributed by atoms with van der Waals surface area (Å²) in [6.07, 6.45) is 0. The fraction of sp³-hybridized carbons (Fsp3) is 0.538. The summed E-state index contributed by atoms with van der Waals surface area (Å²) in [6, 6.07) is 5.27. The molecular weight excluding hydrogens is 318 g/mol. The maximum Gasteiger partial charge on any atom is 0.171 e. The Bertz CT molecular complexity index is 577. The van der Waals surface area contributed by atoms with Crippen LogP contribution in [0.2, 0.25) is 5.02 Å². The Morgan fingerprint density at radius 2 is 2.25 bits per heavy atom. The molecule has 1 aliphatic rings. The Morgan fingerprint density at radius 1 is 1.50 bits per heavy atom. The normalized spacial score (nSPS) is 20.1. The van der Waals surface area contributed by atoms with Gasteiger partial charge in [0, 0.05) is 29.4 Å². The summed E-state index contributed by atoms with van der Waals surface area (Å²) in [5.41, 5.74) is 1.32. The van der Waals surface area contributed by atoms with Gasteiger partial charge in [-0.2, -0.15) is 11.8 Å². The molecule has 0 bridgehead atoms. The van der Waals surface area contributed by atoms with Crippen LogP contribution in [0.25, 0.3) is 0 Å². The highest BCUT2D eigenvalue weighted by Crippen LogP contribution is 2.35. The number of halogens is 1. The van der Waals surface area contributed by atoms with Crippen LogP contribution in [0, 0.1) is 0 Å². The topological polar surface area (TPSA) is 57.6 Å². The minimum atomic E-state index is -3.20. The van der Waals surface area contributed by atoms with Crippen LogP contribution in [0.15, 0.2) is 18.2 Å². The molecule has 1 fully saturated rings. The molecule has 0 amide bonds. The van der Waals surface area contributed by atoms with Gasteiger partial charge in [0.15, 0.2) is 9.84 Å². The Morgan fingerprint density at radius 3 is 2.90 bits per heavy atom. The lowest BCUT2D eigenvalue weighted by molar-refractivity contribution is 0.282. The maximum atomic E-state index is 12.3. The minimum absolute atomic E-state index is 0.105. The van der Waals surface area contributed by atoms with Crippen LogP contribution in [0.3, 0.4) is 0 Å². The van der Waals surface area contributed by atoms with E-state index >= 15 is 0 Å². The van der Waals surface area contributed by atoms with Gasteiger partial charge in [-0.3, -0.25) is 0 Å². The highest BCUT2D eigenvalue weighted by atomic mass is 35.5. The summed E-state index contributed by atoms with van der Waals surface area (Å²) in [5.74, 6) is 1.49. The second-order valence-electron chi connectivity index (χ2n) is 4.58. The summed E-state index contributed by atoms with van der Waals surface area (Å²) >= 11 is 7.88. The molecule has 1 aromatic carbocycles. The van der Waals surface area contributed by atoms with E-state index in [1.807, 2.05) is 4.90 Å². The number of hydrogen-bond donors (Lipinski definition) is 1. The molecule has 112 valence electrons. The van der Waals surface area contributed by atoms with E-state index in [0.717, 1.165) is 5.75 Å². The highest BCUT2D eigenvalue weighted by Gasteiger charge is 2.34. The van der Waals surface area contributed by atoms with Gasteiger partial charge in [0.2, 0.25) is 0 Å². The molecule has 1 aromatic rings. The summed E-state index contributed by atoms with van der Waals surface area (Å²) in [4.78, 5) is 1.84. The number of para-hydroxylation sites is 1. The van der Waals surface area contributed by atoms with Crippen LogP contribution in [0.5, 0.6) is 0 Å². The average Bonchev–Trinajstić information content (AvgIpc) is 2.47. The van der Waals surface area contributed by atoms with E-state index in [0.29, 0.717) is 28.6 Å². The minimum Gasteiger partial charge on any atom is -0.392 e. The first-order valence-corrected chi connectivity index (χ1v) is 9.70. The maximum absolute atomic E-state index is 12.3. The summed E-state index contributed by atoms with van der Waals surface area (Å²) in [6.45, 7) is 2.12. The van der Waals surface area contributed by atoms with Gasteiger partial charge in [0.05, 0.1) is 17.3 Å². The largest absolute Gasteiger partial charge is 0.392 e. The molecular formula is C13H18ClNO3S2. The second-order valence-corrected chi connectivity index (χ2v) is 8.58. The third-order valence-electron chi connectivity index (χ3n) is 3.43. The molecule has 0 spiro atoms. The quantitative estimate of drug-likeness (QED) is 0.913. The molecule has 20 heavy (non-hydrogen) atoms. The zero-order valence-electron chi connectivity index (χ0n) is 11.3. The SMILES string of the molecule is CCS(=O)(=O)C1CSCCN1c1c(Cl)cccc1CO. The third-order valence-corrected chi connectivity index (χ3v) is 7.02. The first-order chi connectivity index (χ1) is 9.51. The van der Waals surface area contributed by atoms with Crippen molar-refractivity contribution in [2.75, 3.05) is 28.7 Å². The molecule has 4 nitrogen and oxygen atoms in total. The van der Waals surface area contributed by atoms with Crippen LogP contribution in [-0.4, -0.2) is 42.7 Å². The molecule has 1 aliphatic heterocycles. The summed E-state index contributed by atoms with van der Waals surface area (Å²) in [7, 11) is -3.20. The summed E-state index contributed by atoms with van der Waals surface area (Å²) in [5, 5.41) is 9.39. The smallest absolute Gasteiger partial charge is 0.171 e. The number of benzene rings is 1. The van der Waals surface area contributed by atoms with Crippen LogP contribution in [0.1, 0.15) is 12.5 Å². The zero-order chi connectivity index (χ0) is 14.8. The number of aliphatic hydroxyl groups is 1. The van der Waals surface area contributed by atoms with E-state index in [4.69, 9.17) is 11.6 Å². The number of sulfone groups is 1. The van der Waals surface area contributed by atoms with Gasteiger partial charge in [0.1, 0.15) is 5.37 Å². The van der Waals surface area contributed by atoms with E-state index in [2.05, 4.69) is 0 Å². The van der Waals surface area contributed by atoms with Crippen molar-refractivity contribution in [1.82, 2.24) is 0 Å². The zero-order valence-corrected chi connectivity index (χ0v) is 13.6. The molecule has 0 saturated carbocycles. The van der Waals surface area contributed by atoms with Gasteiger partial charge in [-0.05, 0) is 6.07 Å². The van der Waals surface area contributed by atoms with E-state index in [1.165, 1.54) is 0 Å². The van der Waals surface area contributed by atoms with E-state index < -0.39 is 15.2 Å². The van der Waals surface area contributed by atoms with Gasteiger partial charge in [-0.1, -0.05) is 30.7 Å². The van der Waals surface area contributed by atoms with Crippen molar-refractivity contribution >= 4 is 38.9 Å². The highest BCUT2D eigenvalue weighted by molar-refractivity contribution is 8.01. The van der Waals surface area contributed by atoms with Gasteiger partial charge in [-0.15, -0.1) is 0 Å². The molecule has 1 N–H and O–H groups in total. The van der Waals surface area contributed by atoms with Crippen molar-refractivity contribution in [3.8, 4) is 0 Å². The van der Waals surface area contributed by atoms with Crippen LogP contribution < -0.4 is 4.90 Å². The Hall–Kier alpha value is -0.430. The monoisotopic (exact) mass is 335 g/mol. The van der Waals surface area contributed by atoms with Crippen LogP contribution in [0.4, 0.5) is 5.69 Å². The number of nitrogens with zero attached hydrogens (tertiary/aromatic N) is 1. The lowest BCUT2D eigenvalue weighted by Crippen LogP contribution is -2.48. The van der Waals surface area contributed by atoms with Crippen molar-refractivity contribution in [3.05, 3.63) is 28.8 Å². The molecule has 0 aliphatic carbocycles. The van der Waals surface area contributed by atoms with Crippen molar-refractivity contribution in [2.45, 2.75) is 18.9 Å². The third kappa shape index (κ3) is 3.08. The number of thioether (sulfide) groups is 1. The van der Waals surface area contributed by atoms with Crippen LogP contribution >= 0.6 is 23.4 Å². The lowest BCUT2D eigenvalue weighted by Gasteiger charge is -2.38. The van der Waals surface area contributed by atoms with Gasteiger partial charge >= 0.3 is 0 Å². The van der Waals surface area contributed by atoms with Gasteiger partial charge < -0.3 is 10.0 Å². The Kier molecular flexibility index (Phi) is 5.23. The fourth-order valence-corrected chi connectivity index (χ4v) is 5.61. The Labute approximate surface area is 129 Å². The fourth-order valence-electron chi connectivity index (χ4n) is 2.34. The average molecular weight is 336 g/mol. The molecule has 2 rings (SSSR count). The molecule has 0 radical (unpaired) electrons. The van der Waals surface area contributed by atoms with Crippen molar-refractivity contribution in [3.63, 3.8) is 0 Å². The number of rotatable bonds is 4. The first kappa shape index (κ1) is 15.9. The second kappa shape index (κ2) is 6.56. The standard InChI is InChI=1S/C13H18ClNO3S2/c1-2-20(17,18)12-9-19-7-6-15(12)13-10(8-16)4-3-5-11(13)14/h3-5,12,16H,2,6-9H2,1H3. The van der Waals surface area contributed by atoms with Gasteiger partial charge in [-0.25, -0.2) is 8.42 Å². The number of aliphatic hydroxyl groups excluding tert-OH is 1. The van der Waals surface area contributed by atoms with Crippen LogP contribution in [-0.2, 0) is 16.4 Å². The van der Waals surface area contributed by atoms with E-state index in [-0.39, 0.29) is 12.4 Å². The number of hydrogen-bond acceptors (Lipinski definition) is 5. The number of anilines is 1. The van der Waals surface area contributed by atoms with E-state index in [9.17, 15) is 13.5 Å². The lowest BCUT2D eigenvalue weighted by atomic mass is 10.1. The van der Waals surface area contributed by atoms with Crippen molar-refractivity contribution in [2.24, 2.45) is 0 Å².